The Morgan fingerprint density at radius 3 is 2.80 bits per heavy atom. The van der Waals surface area contributed by atoms with Crippen molar-refractivity contribution in [3.05, 3.63) is 94.2 Å². The largest absolute Gasteiger partial charge is 0.365 e. The average Bonchev–Trinajstić information content (AvgIpc) is 3.46. The molecule has 0 aliphatic carbocycles. The number of carbonyl (C=O) groups is 1. The topological polar surface area (TPSA) is 63.1 Å². The highest BCUT2D eigenvalue weighted by Gasteiger charge is 2.20. The quantitative estimate of drug-likeness (QED) is 0.531. The van der Waals surface area contributed by atoms with Crippen molar-refractivity contribution in [3.8, 4) is 0 Å². The fraction of sp³-hybridized carbons (Fsp3) is 0.174. The molecule has 1 aliphatic heterocycles. The fourth-order valence-electron chi connectivity index (χ4n) is 3.77. The van der Waals surface area contributed by atoms with Crippen LogP contribution in [-0.4, -0.2) is 27.2 Å². The second-order valence-corrected chi connectivity index (χ2v) is 8.30. The van der Waals surface area contributed by atoms with Gasteiger partial charge in [0.25, 0.3) is 5.91 Å². The number of benzene rings is 2. The van der Waals surface area contributed by atoms with Crippen LogP contribution in [0.15, 0.2) is 72.6 Å². The summed E-state index contributed by atoms with van der Waals surface area (Å²) in [6.45, 7) is 2.46. The SMILES string of the molecule is O=C(Nc1ccccc1N1CCc2sccc2C1)c1ccc(Cn2cncn2)cc1. The van der Waals surface area contributed by atoms with E-state index in [0.29, 0.717) is 12.1 Å². The lowest BCUT2D eigenvalue weighted by Crippen LogP contribution is -2.30. The second kappa shape index (κ2) is 8.12. The minimum atomic E-state index is -0.108. The van der Waals surface area contributed by atoms with Gasteiger partial charge in [-0.05, 0) is 53.3 Å². The molecule has 0 spiro atoms. The molecule has 150 valence electrons. The van der Waals surface area contributed by atoms with Gasteiger partial charge in [-0.3, -0.25) is 4.79 Å². The third-order valence-corrected chi connectivity index (χ3v) is 6.35. The highest BCUT2D eigenvalue weighted by Crippen LogP contribution is 2.32. The molecule has 6 nitrogen and oxygen atoms in total. The van der Waals surface area contributed by atoms with Crippen molar-refractivity contribution in [2.75, 3.05) is 16.8 Å². The summed E-state index contributed by atoms with van der Waals surface area (Å²) < 4.78 is 1.75. The van der Waals surface area contributed by atoms with Crippen molar-refractivity contribution in [3.63, 3.8) is 0 Å². The zero-order chi connectivity index (χ0) is 20.3. The third-order valence-electron chi connectivity index (χ3n) is 5.33. The van der Waals surface area contributed by atoms with Gasteiger partial charge in [-0.1, -0.05) is 24.3 Å². The lowest BCUT2D eigenvalue weighted by atomic mass is 10.1. The summed E-state index contributed by atoms with van der Waals surface area (Å²) in [5.74, 6) is -0.108. The molecule has 1 aliphatic rings. The van der Waals surface area contributed by atoms with Gasteiger partial charge in [0.2, 0.25) is 0 Å². The van der Waals surface area contributed by atoms with E-state index in [9.17, 15) is 4.79 Å². The normalized spacial score (nSPS) is 13.1. The van der Waals surface area contributed by atoms with Gasteiger partial charge in [0.05, 0.1) is 17.9 Å². The maximum Gasteiger partial charge on any atom is 0.255 e. The first-order valence-corrected chi connectivity index (χ1v) is 10.8. The van der Waals surface area contributed by atoms with E-state index in [1.54, 1.807) is 11.0 Å². The zero-order valence-corrected chi connectivity index (χ0v) is 17.2. The number of hydrogen-bond acceptors (Lipinski definition) is 5. The first-order valence-electron chi connectivity index (χ1n) is 9.88. The van der Waals surface area contributed by atoms with Crippen molar-refractivity contribution in [1.82, 2.24) is 14.8 Å². The summed E-state index contributed by atoms with van der Waals surface area (Å²) in [7, 11) is 0. The molecule has 1 N–H and O–H groups in total. The maximum absolute atomic E-state index is 12.9. The molecule has 7 heteroatoms. The molecule has 0 radical (unpaired) electrons. The third kappa shape index (κ3) is 3.84. The highest BCUT2D eigenvalue weighted by molar-refractivity contribution is 7.10. The van der Waals surface area contributed by atoms with Gasteiger partial charge in [0, 0.05) is 23.5 Å². The monoisotopic (exact) mass is 415 g/mol. The average molecular weight is 416 g/mol. The summed E-state index contributed by atoms with van der Waals surface area (Å²) in [5.41, 5.74) is 4.98. The van der Waals surface area contributed by atoms with Gasteiger partial charge >= 0.3 is 0 Å². The summed E-state index contributed by atoms with van der Waals surface area (Å²) in [5, 5.41) is 9.37. The molecule has 0 fully saturated rings. The van der Waals surface area contributed by atoms with E-state index >= 15 is 0 Å². The molecular formula is C23H21N5OS. The number of rotatable bonds is 5. The first-order chi connectivity index (χ1) is 14.8. The van der Waals surface area contributed by atoms with Crippen LogP contribution in [0.5, 0.6) is 0 Å². The number of aromatic nitrogens is 3. The Balaban J connectivity index is 1.31. The van der Waals surface area contributed by atoms with Crippen molar-refractivity contribution >= 4 is 28.6 Å². The fourth-order valence-corrected chi connectivity index (χ4v) is 4.66. The molecule has 5 rings (SSSR count). The molecule has 30 heavy (non-hydrogen) atoms. The molecule has 0 bridgehead atoms. The lowest BCUT2D eigenvalue weighted by Gasteiger charge is -2.30. The van der Waals surface area contributed by atoms with Crippen LogP contribution < -0.4 is 10.2 Å². The molecule has 0 unspecified atom stereocenters. The Hall–Kier alpha value is -3.45. The second-order valence-electron chi connectivity index (χ2n) is 7.30. The van der Waals surface area contributed by atoms with Crippen molar-refractivity contribution in [1.29, 1.82) is 0 Å². The van der Waals surface area contributed by atoms with Crippen LogP contribution >= 0.6 is 11.3 Å². The van der Waals surface area contributed by atoms with Crippen LogP contribution in [0.25, 0.3) is 0 Å². The first kappa shape index (κ1) is 18.6. The van der Waals surface area contributed by atoms with Crippen molar-refractivity contribution in [2.45, 2.75) is 19.5 Å². The molecule has 0 atom stereocenters. The lowest BCUT2D eigenvalue weighted by molar-refractivity contribution is 0.102. The van der Waals surface area contributed by atoms with Crippen LogP contribution in [0.2, 0.25) is 0 Å². The molecule has 0 saturated heterocycles. The van der Waals surface area contributed by atoms with Crippen LogP contribution in [0.1, 0.15) is 26.4 Å². The smallest absolute Gasteiger partial charge is 0.255 e. The maximum atomic E-state index is 12.9. The Morgan fingerprint density at radius 2 is 1.97 bits per heavy atom. The molecule has 3 heterocycles. The minimum absolute atomic E-state index is 0.108. The minimum Gasteiger partial charge on any atom is -0.365 e. The van der Waals surface area contributed by atoms with E-state index < -0.39 is 0 Å². The summed E-state index contributed by atoms with van der Waals surface area (Å²) in [4.78, 5) is 20.6. The van der Waals surface area contributed by atoms with Gasteiger partial charge in [-0.2, -0.15) is 5.10 Å². The van der Waals surface area contributed by atoms with E-state index in [0.717, 1.165) is 36.4 Å². The van der Waals surface area contributed by atoms with Gasteiger partial charge < -0.3 is 10.2 Å². The molecule has 4 aromatic rings. The number of nitrogens with zero attached hydrogens (tertiary/aromatic N) is 4. The Bertz CT molecular complexity index is 1150. The number of fused-ring (bicyclic) bond motifs is 1. The van der Waals surface area contributed by atoms with E-state index in [1.165, 1.54) is 16.8 Å². The summed E-state index contributed by atoms with van der Waals surface area (Å²) in [6.07, 6.45) is 4.24. The zero-order valence-electron chi connectivity index (χ0n) is 16.4. The van der Waals surface area contributed by atoms with E-state index in [-0.39, 0.29) is 5.91 Å². The summed E-state index contributed by atoms with van der Waals surface area (Å²) >= 11 is 1.83. The number of hydrogen-bond donors (Lipinski definition) is 1. The number of para-hydroxylation sites is 2. The van der Waals surface area contributed by atoms with Crippen LogP contribution in [-0.2, 0) is 19.5 Å². The van der Waals surface area contributed by atoms with E-state index in [2.05, 4.69) is 37.8 Å². The predicted molar refractivity (Wildman–Crippen MR) is 119 cm³/mol. The van der Waals surface area contributed by atoms with Gasteiger partial charge in [-0.25, -0.2) is 9.67 Å². The number of amides is 1. The number of carbonyl (C=O) groups excluding carboxylic acids is 1. The van der Waals surface area contributed by atoms with Crippen molar-refractivity contribution < 1.29 is 4.79 Å². The van der Waals surface area contributed by atoms with Gasteiger partial charge in [-0.15, -0.1) is 11.3 Å². The Labute approximate surface area is 178 Å². The number of anilines is 2. The Morgan fingerprint density at radius 1 is 1.10 bits per heavy atom. The number of nitrogens with one attached hydrogen (secondary N) is 1. The Kier molecular flexibility index (Phi) is 5.03. The van der Waals surface area contributed by atoms with Crippen LogP contribution in [0.3, 0.4) is 0 Å². The van der Waals surface area contributed by atoms with E-state index in [1.807, 2.05) is 53.8 Å². The van der Waals surface area contributed by atoms with Crippen molar-refractivity contribution in [2.24, 2.45) is 0 Å². The predicted octanol–water partition coefficient (Wildman–Crippen LogP) is 4.20. The summed E-state index contributed by atoms with van der Waals surface area (Å²) in [6, 6.07) is 17.8. The van der Waals surface area contributed by atoms with Crippen LogP contribution in [0, 0.1) is 0 Å². The standard InChI is InChI=1S/C23H21N5OS/c29-23(18-7-5-17(6-8-18)13-28-16-24-15-25-28)26-20-3-1-2-4-21(20)27-11-9-22-19(14-27)10-12-30-22/h1-8,10,12,15-16H,9,11,13-14H2,(H,26,29). The van der Waals surface area contributed by atoms with Crippen LogP contribution in [0.4, 0.5) is 11.4 Å². The molecule has 2 aromatic heterocycles. The number of thiophene rings is 1. The molecule has 0 saturated carbocycles. The van der Waals surface area contributed by atoms with E-state index in [4.69, 9.17) is 0 Å². The highest BCUT2D eigenvalue weighted by atomic mass is 32.1. The molecule has 1 amide bonds. The van der Waals surface area contributed by atoms with Gasteiger partial charge in [0.1, 0.15) is 12.7 Å². The molecular weight excluding hydrogens is 394 g/mol. The van der Waals surface area contributed by atoms with Gasteiger partial charge in [0.15, 0.2) is 0 Å². The molecule has 2 aromatic carbocycles.